The highest BCUT2D eigenvalue weighted by Gasteiger charge is 2.30. The lowest BCUT2D eigenvalue weighted by atomic mass is 9.93. The standard InChI is InChI=1S/C24H22F3N3O2/c25-24(26,27)19-9-6-16(7-10-19)13-20-4-1-5-21(29-20)18-3-2-12-30(15-18)23(32)17-8-11-22(31)28-14-17/h1,4-11,14,18H,2-3,12-13,15H2,(H,28,31)/t18-/m0/s1. The number of alkyl halides is 3. The molecule has 0 unspecified atom stereocenters. The van der Waals surface area contributed by atoms with Gasteiger partial charge in [-0.2, -0.15) is 13.2 Å². The molecular formula is C24H22F3N3O2. The zero-order valence-corrected chi connectivity index (χ0v) is 17.2. The smallest absolute Gasteiger partial charge is 0.338 e. The van der Waals surface area contributed by atoms with E-state index in [9.17, 15) is 22.8 Å². The first-order valence-corrected chi connectivity index (χ1v) is 10.4. The summed E-state index contributed by atoms with van der Waals surface area (Å²) in [5, 5.41) is 0. The van der Waals surface area contributed by atoms with Gasteiger partial charge in [-0.25, -0.2) is 0 Å². The molecule has 166 valence electrons. The largest absolute Gasteiger partial charge is 0.416 e. The number of aromatic nitrogens is 2. The first-order chi connectivity index (χ1) is 15.3. The number of nitrogens with zero attached hydrogens (tertiary/aromatic N) is 2. The highest BCUT2D eigenvalue weighted by atomic mass is 19.4. The van der Waals surface area contributed by atoms with Crippen LogP contribution in [0.4, 0.5) is 13.2 Å². The van der Waals surface area contributed by atoms with Crippen LogP contribution < -0.4 is 5.56 Å². The predicted octanol–water partition coefficient (Wildman–Crippen LogP) is 4.40. The maximum absolute atomic E-state index is 12.8. The Bertz CT molecular complexity index is 1140. The molecule has 0 aliphatic carbocycles. The minimum atomic E-state index is -4.35. The van der Waals surface area contributed by atoms with Crippen molar-refractivity contribution in [3.8, 4) is 0 Å². The van der Waals surface area contributed by atoms with Crippen molar-refractivity contribution >= 4 is 5.91 Å². The van der Waals surface area contributed by atoms with Crippen molar-refractivity contribution in [1.82, 2.24) is 14.9 Å². The second-order valence-corrected chi connectivity index (χ2v) is 7.96. The van der Waals surface area contributed by atoms with Crippen LogP contribution in [0.15, 0.2) is 65.6 Å². The van der Waals surface area contributed by atoms with Crippen LogP contribution in [0.25, 0.3) is 0 Å². The number of aromatic amines is 1. The lowest BCUT2D eigenvalue weighted by molar-refractivity contribution is -0.137. The van der Waals surface area contributed by atoms with Gasteiger partial charge in [-0.15, -0.1) is 0 Å². The van der Waals surface area contributed by atoms with E-state index in [1.165, 1.54) is 30.5 Å². The number of amides is 1. The Balaban J connectivity index is 1.46. The second kappa shape index (κ2) is 8.98. The number of carbonyl (C=O) groups is 1. The van der Waals surface area contributed by atoms with Crippen molar-refractivity contribution in [2.75, 3.05) is 13.1 Å². The zero-order valence-electron chi connectivity index (χ0n) is 17.2. The van der Waals surface area contributed by atoms with Crippen LogP contribution in [-0.4, -0.2) is 33.9 Å². The molecule has 3 heterocycles. The van der Waals surface area contributed by atoms with Gasteiger partial charge in [0, 0.05) is 49.1 Å². The summed E-state index contributed by atoms with van der Waals surface area (Å²) in [5.74, 6) is -0.0603. The Kier molecular flexibility index (Phi) is 6.12. The Morgan fingerprint density at radius 3 is 2.56 bits per heavy atom. The van der Waals surface area contributed by atoms with Gasteiger partial charge in [0.05, 0.1) is 11.1 Å². The van der Waals surface area contributed by atoms with Gasteiger partial charge < -0.3 is 9.88 Å². The number of halogens is 3. The van der Waals surface area contributed by atoms with Crippen LogP contribution in [0.1, 0.15) is 51.6 Å². The molecule has 1 aliphatic heterocycles. The SMILES string of the molecule is O=C(c1ccc(=O)[nH]c1)N1CCC[C@H](c2cccc(Cc3ccc(C(F)(F)F)cc3)n2)C1. The molecule has 0 saturated carbocycles. The normalized spacial score (nSPS) is 16.7. The summed E-state index contributed by atoms with van der Waals surface area (Å²) in [5.41, 5.74) is 1.90. The molecule has 1 saturated heterocycles. The molecule has 1 N–H and O–H groups in total. The van der Waals surface area contributed by atoms with Crippen LogP contribution in [0.5, 0.6) is 0 Å². The van der Waals surface area contributed by atoms with Gasteiger partial charge in [-0.1, -0.05) is 18.2 Å². The van der Waals surface area contributed by atoms with Crippen molar-refractivity contribution in [1.29, 1.82) is 0 Å². The van der Waals surface area contributed by atoms with Crippen molar-refractivity contribution in [2.45, 2.75) is 31.4 Å². The lowest BCUT2D eigenvalue weighted by Gasteiger charge is -2.32. The number of rotatable bonds is 4. The molecule has 8 heteroatoms. The van der Waals surface area contributed by atoms with E-state index in [1.54, 1.807) is 4.90 Å². The molecule has 1 aromatic carbocycles. The fourth-order valence-corrected chi connectivity index (χ4v) is 3.97. The number of hydrogen-bond acceptors (Lipinski definition) is 3. The van der Waals surface area contributed by atoms with Crippen molar-refractivity contribution in [3.05, 3.63) is 99.2 Å². The predicted molar refractivity (Wildman–Crippen MR) is 113 cm³/mol. The summed E-state index contributed by atoms with van der Waals surface area (Å²) >= 11 is 0. The lowest BCUT2D eigenvalue weighted by Crippen LogP contribution is -2.39. The molecule has 2 aromatic heterocycles. The summed E-state index contributed by atoms with van der Waals surface area (Å²) in [6.07, 6.45) is -0.761. The Morgan fingerprint density at radius 2 is 1.88 bits per heavy atom. The van der Waals surface area contributed by atoms with Crippen LogP contribution in [0, 0.1) is 0 Å². The monoisotopic (exact) mass is 441 g/mol. The zero-order chi connectivity index (χ0) is 22.7. The minimum absolute atomic E-state index is 0.0722. The van der Waals surface area contributed by atoms with E-state index < -0.39 is 11.7 Å². The molecule has 1 fully saturated rings. The third-order valence-electron chi connectivity index (χ3n) is 5.65. The van der Waals surface area contributed by atoms with Gasteiger partial charge in [0.1, 0.15) is 0 Å². The molecule has 0 bridgehead atoms. The van der Waals surface area contributed by atoms with Crippen LogP contribution in [0.3, 0.4) is 0 Å². The van der Waals surface area contributed by atoms with Gasteiger partial charge >= 0.3 is 6.18 Å². The van der Waals surface area contributed by atoms with Crippen molar-refractivity contribution < 1.29 is 18.0 Å². The molecular weight excluding hydrogens is 419 g/mol. The van der Waals surface area contributed by atoms with E-state index in [2.05, 4.69) is 4.98 Å². The molecule has 0 spiro atoms. The summed E-state index contributed by atoms with van der Waals surface area (Å²) < 4.78 is 38.3. The highest BCUT2D eigenvalue weighted by molar-refractivity contribution is 5.94. The molecule has 1 aliphatic rings. The van der Waals surface area contributed by atoms with Crippen LogP contribution in [0.2, 0.25) is 0 Å². The summed E-state index contributed by atoms with van der Waals surface area (Å²) in [4.78, 5) is 33.1. The maximum Gasteiger partial charge on any atom is 0.416 e. The molecule has 4 rings (SSSR count). The first kappa shape index (κ1) is 21.8. The fourth-order valence-electron chi connectivity index (χ4n) is 3.97. The highest BCUT2D eigenvalue weighted by Crippen LogP contribution is 2.30. The number of H-pyrrole nitrogens is 1. The Morgan fingerprint density at radius 1 is 1.09 bits per heavy atom. The van der Waals surface area contributed by atoms with Crippen molar-refractivity contribution in [2.24, 2.45) is 0 Å². The van der Waals surface area contributed by atoms with E-state index in [0.717, 1.165) is 41.9 Å². The van der Waals surface area contributed by atoms with E-state index in [0.29, 0.717) is 25.1 Å². The minimum Gasteiger partial charge on any atom is -0.338 e. The fraction of sp³-hybridized carbons (Fsp3) is 0.292. The topological polar surface area (TPSA) is 66.1 Å². The number of likely N-dealkylation sites (tertiary alicyclic amines) is 1. The van der Waals surface area contributed by atoms with Gasteiger partial charge in [0.15, 0.2) is 0 Å². The number of nitrogens with one attached hydrogen (secondary N) is 1. The summed E-state index contributed by atoms with van der Waals surface area (Å²) in [7, 11) is 0. The first-order valence-electron chi connectivity index (χ1n) is 10.4. The van der Waals surface area contributed by atoms with Crippen LogP contribution in [-0.2, 0) is 12.6 Å². The number of piperidine rings is 1. The van der Waals surface area contributed by atoms with Gasteiger partial charge in [0.25, 0.3) is 5.91 Å². The number of carbonyl (C=O) groups excluding carboxylic acids is 1. The quantitative estimate of drug-likeness (QED) is 0.653. The second-order valence-electron chi connectivity index (χ2n) is 7.96. The number of benzene rings is 1. The third-order valence-corrected chi connectivity index (χ3v) is 5.65. The molecule has 3 aromatic rings. The maximum atomic E-state index is 12.8. The Labute approximate surface area is 182 Å². The van der Waals surface area contributed by atoms with E-state index in [-0.39, 0.29) is 17.4 Å². The van der Waals surface area contributed by atoms with E-state index in [4.69, 9.17) is 4.98 Å². The van der Waals surface area contributed by atoms with Gasteiger partial charge in [0.2, 0.25) is 5.56 Å². The molecule has 1 amide bonds. The Hall–Kier alpha value is -3.42. The van der Waals surface area contributed by atoms with Gasteiger partial charge in [-0.05, 0) is 48.7 Å². The third kappa shape index (κ3) is 5.07. The van der Waals surface area contributed by atoms with E-state index in [1.807, 2.05) is 18.2 Å². The van der Waals surface area contributed by atoms with Crippen molar-refractivity contribution in [3.63, 3.8) is 0 Å². The van der Waals surface area contributed by atoms with Crippen LogP contribution >= 0.6 is 0 Å². The number of pyridine rings is 2. The molecule has 0 radical (unpaired) electrons. The average Bonchev–Trinajstić information content (AvgIpc) is 2.79. The summed E-state index contributed by atoms with van der Waals surface area (Å²) in [6.45, 7) is 1.16. The number of hydrogen-bond donors (Lipinski definition) is 1. The molecule has 5 nitrogen and oxygen atoms in total. The summed E-state index contributed by atoms with van der Waals surface area (Å²) in [6, 6.07) is 13.6. The molecule has 32 heavy (non-hydrogen) atoms. The average molecular weight is 441 g/mol. The van der Waals surface area contributed by atoms with Gasteiger partial charge in [-0.3, -0.25) is 14.6 Å². The van der Waals surface area contributed by atoms with E-state index >= 15 is 0 Å². The molecule has 1 atom stereocenters.